The summed E-state index contributed by atoms with van der Waals surface area (Å²) in [7, 11) is 0. The van der Waals surface area contributed by atoms with Crippen LogP contribution in [0.1, 0.15) is 37.0 Å². The maximum atomic E-state index is 12.4. The molecular weight excluding hydrogens is 308 g/mol. The highest BCUT2D eigenvalue weighted by Gasteiger charge is 2.25. The molecule has 0 aliphatic carbocycles. The second kappa shape index (κ2) is 5.69. The molecule has 0 spiro atoms. The molecule has 1 atom stereocenters. The number of carbonyl (C=O) groups excluding carboxylic acids is 1. The Kier molecular flexibility index (Phi) is 4.19. The Bertz CT molecular complexity index is 583. The van der Waals surface area contributed by atoms with Crippen molar-refractivity contribution in [3.63, 3.8) is 0 Å². The van der Waals surface area contributed by atoms with Gasteiger partial charge >= 0.3 is 0 Å². The van der Waals surface area contributed by atoms with E-state index in [2.05, 4.69) is 45.2 Å². The van der Waals surface area contributed by atoms with Gasteiger partial charge in [-0.2, -0.15) is 5.10 Å². The Hall–Kier alpha value is -1.43. The molecule has 0 saturated heterocycles. The van der Waals surface area contributed by atoms with Crippen LogP contribution in [0, 0.1) is 0 Å². The predicted octanol–water partition coefficient (Wildman–Crippen LogP) is 2.41. The van der Waals surface area contributed by atoms with Crippen molar-refractivity contribution in [2.75, 3.05) is 5.33 Å². The van der Waals surface area contributed by atoms with Crippen LogP contribution in [0.15, 0.2) is 24.8 Å². The SMILES string of the molecule is CCC(C)(CCBr)NC(=O)c1cnn2ccncc12. The van der Waals surface area contributed by atoms with Gasteiger partial charge in [0, 0.05) is 23.3 Å². The lowest BCUT2D eigenvalue weighted by Gasteiger charge is -2.28. The number of fused-ring (bicyclic) bond motifs is 1. The first-order valence-corrected chi connectivity index (χ1v) is 7.37. The molecule has 2 heterocycles. The topological polar surface area (TPSA) is 59.3 Å². The molecule has 6 heteroatoms. The van der Waals surface area contributed by atoms with E-state index in [0.29, 0.717) is 5.56 Å². The highest BCUT2D eigenvalue weighted by molar-refractivity contribution is 9.09. The Morgan fingerprint density at radius 3 is 3.00 bits per heavy atom. The number of carbonyl (C=O) groups is 1. The minimum absolute atomic E-state index is 0.103. The molecule has 0 aliphatic rings. The summed E-state index contributed by atoms with van der Waals surface area (Å²) in [5, 5.41) is 8.09. The molecular formula is C13H17BrN4O. The van der Waals surface area contributed by atoms with Crippen molar-refractivity contribution in [2.24, 2.45) is 0 Å². The number of aromatic nitrogens is 3. The lowest BCUT2D eigenvalue weighted by molar-refractivity contribution is 0.0903. The van der Waals surface area contributed by atoms with Gasteiger partial charge in [-0.25, -0.2) is 4.52 Å². The second-order valence-electron chi connectivity index (χ2n) is 4.77. The average molecular weight is 325 g/mol. The Morgan fingerprint density at radius 2 is 2.32 bits per heavy atom. The number of nitrogens with zero attached hydrogens (tertiary/aromatic N) is 3. The number of halogens is 1. The van der Waals surface area contributed by atoms with Crippen LogP contribution in [0.25, 0.3) is 5.52 Å². The molecule has 1 unspecified atom stereocenters. The van der Waals surface area contributed by atoms with Crippen LogP contribution in [-0.4, -0.2) is 31.4 Å². The number of hydrogen-bond donors (Lipinski definition) is 1. The van der Waals surface area contributed by atoms with Gasteiger partial charge in [0.25, 0.3) is 5.91 Å². The monoisotopic (exact) mass is 324 g/mol. The molecule has 19 heavy (non-hydrogen) atoms. The molecule has 1 amide bonds. The molecule has 102 valence electrons. The van der Waals surface area contributed by atoms with Gasteiger partial charge in [-0.1, -0.05) is 22.9 Å². The summed E-state index contributed by atoms with van der Waals surface area (Å²) in [5.41, 5.74) is 1.07. The van der Waals surface area contributed by atoms with Crippen LogP contribution in [0.3, 0.4) is 0 Å². The van der Waals surface area contributed by atoms with Gasteiger partial charge in [0.05, 0.1) is 23.5 Å². The van der Waals surface area contributed by atoms with Crippen molar-refractivity contribution < 1.29 is 4.79 Å². The molecule has 2 aromatic rings. The summed E-state index contributed by atoms with van der Waals surface area (Å²) in [4.78, 5) is 16.4. The molecule has 1 N–H and O–H groups in total. The average Bonchev–Trinajstić information content (AvgIpc) is 2.83. The summed E-state index contributed by atoms with van der Waals surface area (Å²) in [5.74, 6) is -0.103. The van der Waals surface area contributed by atoms with Crippen molar-refractivity contribution in [1.29, 1.82) is 0 Å². The van der Waals surface area contributed by atoms with Crippen LogP contribution >= 0.6 is 15.9 Å². The summed E-state index contributed by atoms with van der Waals surface area (Å²) < 4.78 is 1.65. The van der Waals surface area contributed by atoms with E-state index in [4.69, 9.17) is 0 Å². The quantitative estimate of drug-likeness (QED) is 0.859. The Morgan fingerprint density at radius 1 is 1.53 bits per heavy atom. The van der Waals surface area contributed by atoms with E-state index >= 15 is 0 Å². The second-order valence-corrected chi connectivity index (χ2v) is 5.56. The van der Waals surface area contributed by atoms with Crippen LogP contribution in [-0.2, 0) is 0 Å². The van der Waals surface area contributed by atoms with E-state index in [-0.39, 0.29) is 11.4 Å². The van der Waals surface area contributed by atoms with E-state index in [1.807, 2.05) is 0 Å². The Balaban J connectivity index is 2.24. The highest BCUT2D eigenvalue weighted by atomic mass is 79.9. The molecule has 0 aromatic carbocycles. The van der Waals surface area contributed by atoms with E-state index in [0.717, 1.165) is 23.7 Å². The van der Waals surface area contributed by atoms with Crippen molar-refractivity contribution in [3.05, 3.63) is 30.4 Å². The fourth-order valence-corrected chi connectivity index (χ4v) is 2.76. The summed E-state index contributed by atoms with van der Waals surface area (Å²) in [6, 6.07) is 0. The Labute approximate surface area is 120 Å². The lowest BCUT2D eigenvalue weighted by atomic mass is 9.95. The zero-order chi connectivity index (χ0) is 13.9. The number of alkyl halides is 1. The largest absolute Gasteiger partial charge is 0.347 e. The number of rotatable bonds is 5. The zero-order valence-corrected chi connectivity index (χ0v) is 12.6. The van der Waals surface area contributed by atoms with Gasteiger partial charge < -0.3 is 5.32 Å². The van der Waals surface area contributed by atoms with Gasteiger partial charge in [0.1, 0.15) is 0 Å². The molecule has 0 fully saturated rings. The van der Waals surface area contributed by atoms with E-state index < -0.39 is 0 Å². The van der Waals surface area contributed by atoms with Crippen molar-refractivity contribution in [1.82, 2.24) is 19.9 Å². The van der Waals surface area contributed by atoms with Crippen LogP contribution < -0.4 is 5.32 Å². The smallest absolute Gasteiger partial charge is 0.255 e. The van der Waals surface area contributed by atoms with Gasteiger partial charge in [-0.3, -0.25) is 9.78 Å². The van der Waals surface area contributed by atoms with Crippen molar-refractivity contribution in [3.8, 4) is 0 Å². The maximum absolute atomic E-state index is 12.4. The molecule has 2 aromatic heterocycles. The van der Waals surface area contributed by atoms with Gasteiger partial charge in [-0.15, -0.1) is 0 Å². The van der Waals surface area contributed by atoms with Crippen LogP contribution in [0.4, 0.5) is 0 Å². The summed E-state index contributed by atoms with van der Waals surface area (Å²) >= 11 is 3.43. The minimum atomic E-state index is -0.211. The highest BCUT2D eigenvalue weighted by Crippen LogP contribution is 2.18. The van der Waals surface area contributed by atoms with Crippen LogP contribution in [0.5, 0.6) is 0 Å². The lowest BCUT2D eigenvalue weighted by Crippen LogP contribution is -2.45. The summed E-state index contributed by atoms with van der Waals surface area (Å²) in [6.45, 7) is 4.12. The third kappa shape index (κ3) is 2.94. The molecule has 5 nitrogen and oxygen atoms in total. The van der Waals surface area contributed by atoms with Crippen molar-refractivity contribution in [2.45, 2.75) is 32.2 Å². The first-order valence-electron chi connectivity index (χ1n) is 6.25. The fraction of sp³-hybridized carbons (Fsp3) is 0.462. The van der Waals surface area contributed by atoms with Crippen molar-refractivity contribution >= 4 is 27.4 Å². The number of hydrogen-bond acceptors (Lipinski definition) is 3. The molecule has 0 saturated carbocycles. The van der Waals surface area contributed by atoms with Crippen LogP contribution in [0.2, 0.25) is 0 Å². The first-order chi connectivity index (χ1) is 9.09. The molecule has 2 rings (SSSR count). The minimum Gasteiger partial charge on any atom is -0.347 e. The zero-order valence-electron chi connectivity index (χ0n) is 11.1. The fourth-order valence-electron chi connectivity index (χ4n) is 1.89. The van der Waals surface area contributed by atoms with Gasteiger partial charge in [0.2, 0.25) is 0 Å². The number of nitrogens with one attached hydrogen (secondary N) is 1. The van der Waals surface area contributed by atoms with E-state index in [9.17, 15) is 4.79 Å². The standard InChI is InChI=1S/C13H17BrN4O/c1-3-13(2,4-5-14)17-12(19)10-8-16-18-7-6-15-9-11(10)18/h6-9H,3-5H2,1-2H3,(H,17,19). The molecule has 0 radical (unpaired) electrons. The van der Waals surface area contributed by atoms with Gasteiger partial charge in [-0.05, 0) is 19.8 Å². The summed E-state index contributed by atoms with van der Waals surface area (Å²) in [6.07, 6.45) is 8.35. The third-order valence-corrected chi connectivity index (χ3v) is 3.81. The van der Waals surface area contributed by atoms with E-state index in [1.54, 1.807) is 29.3 Å². The predicted molar refractivity (Wildman–Crippen MR) is 77.6 cm³/mol. The molecule has 0 bridgehead atoms. The first kappa shape index (κ1) is 14.0. The van der Waals surface area contributed by atoms with E-state index in [1.165, 1.54) is 0 Å². The third-order valence-electron chi connectivity index (χ3n) is 3.41. The number of amides is 1. The molecule has 0 aliphatic heterocycles. The maximum Gasteiger partial charge on any atom is 0.255 e. The normalized spacial score (nSPS) is 14.3. The van der Waals surface area contributed by atoms with Gasteiger partial charge in [0.15, 0.2) is 0 Å².